The molecule has 0 spiro atoms. The first-order valence-electron chi connectivity index (χ1n) is 4.96. The van der Waals surface area contributed by atoms with Crippen LogP contribution >= 0.6 is 12.2 Å². The van der Waals surface area contributed by atoms with Gasteiger partial charge >= 0.3 is 0 Å². The number of aromatic nitrogens is 4. The molecular formula is C10H12N4OS. The zero-order valence-electron chi connectivity index (χ0n) is 9.02. The molecule has 0 aliphatic heterocycles. The Kier molecular flexibility index (Phi) is 2.74. The molecule has 0 unspecified atom stereocenters. The number of rotatable bonds is 2. The summed E-state index contributed by atoms with van der Waals surface area (Å²) < 4.78 is 2.34. The topological polar surface area (TPSA) is 66.5 Å². The van der Waals surface area contributed by atoms with Gasteiger partial charge in [-0.05, 0) is 38.2 Å². The first-order chi connectivity index (χ1) is 7.61. The van der Waals surface area contributed by atoms with Crippen LogP contribution in [0.25, 0.3) is 11.4 Å². The molecule has 0 aliphatic rings. The van der Waals surface area contributed by atoms with Crippen molar-refractivity contribution in [2.24, 2.45) is 0 Å². The summed E-state index contributed by atoms with van der Waals surface area (Å²) in [6, 6.07) is 3.64. The van der Waals surface area contributed by atoms with Crippen LogP contribution in [0.15, 0.2) is 23.1 Å². The fourth-order valence-electron chi connectivity index (χ4n) is 1.57. The number of pyridine rings is 1. The van der Waals surface area contributed by atoms with Crippen molar-refractivity contribution in [2.45, 2.75) is 19.9 Å². The molecule has 16 heavy (non-hydrogen) atoms. The summed E-state index contributed by atoms with van der Waals surface area (Å²) in [6.45, 7) is 3.98. The van der Waals surface area contributed by atoms with Gasteiger partial charge in [-0.15, -0.1) is 0 Å². The third-order valence-corrected chi connectivity index (χ3v) is 2.57. The molecule has 0 atom stereocenters. The Morgan fingerprint density at radius 1 is 1.50 bits per heavy atom. The minimum atomic E-state index is -0.168. The lowest BCUT2D eigenvalue weighted by molar-refractivity contribution is 0.596. The Morgan fingerprint density at radius 2 is 2.25 bits per heavy atom. The van der Waals surface area contributed by atoms with Crippen LogP contribution < -0.4 is 5.56 Å². The fraction of sp³-hybridized carbons (Fsp3) is 0.300. The van der Waals surface area contributed by atoms with Crippen LogP contribution in [0.4, 0.5) is 0 Å². The number of hydrogen-bond donors (Lipinski definition) is 2. The number of hydrogen-bond acceptors (Lipinski definition) is 3. The molecule has 2 N–H and O–H groups in total. The third kappa shape index (κ3) is 1.71. The molecule has 5 nitrogen and oxygen atoms in total. The summed E-state index contributed by atoms with van der Waals surface area (Å²) in [4.78, 5) is 14.3. The summed E-state index contributed by atoms with van der Waals surface area (Å²) in [5, 5.41) is 6.80. The maximum Gasteiger partial charge on any atom is 0.259 e. The quantitative estimate of drug-likeness (QED) is 0.782. The highest BCUT2D eigenvalue weighted by molar-refractivity contribution is 7.71. The Labute approximate surface area is 97.2 Å². The van der Waals surface area contributed by atoms with Gasteiger partial charge in [0.2, 0.25) is 0 Å². The SMILES string of the molecule is CC(C)n1c(-c2ccc[nH]c2=O)n[nH]c1=S. The Morgan fingerprint density at radius 3 is 2.88 bits per heavy atom. The van der Waals surface area contributed by atoms with E-state index in [9.17, 15) is 4.79 Å². The van der Waals surface area contributed by atoms with Crippen LogP contribution in [0.2, 0.25) is 0 Å². The molecule has 6 heteroatoms. The van der Waals surface area contributed by atoms with Crippen LogP contribution in [0.5, 0.6) is 0 Å². The molecule has 2 heterocycles. The highest BCUT2D eigenvalue weighted by atomic mass is 32.1. The van der Waals surface area contributed by atoms with Crippen LogP contribution in [0.3, 0.4) is 0 Å². The highest BCUT2D eigenvalue weighted by Gasteiger charge is 2.13. The molecular weight excluding hydrogens is 224 g/mol. The molecule has 0 fully saturated rings. The van der Waals surface area contributed by atoms with E-state index in [1.165, 1.54) is 0 Å². The lowest BCUT2D eigenvalue weighted by Gasteiger charge is -2.09. The van der Waals surface area contributed by atoms with E-state index in [1.807, 2.05) is 18.4 Å². The van der Waals surface area contributed by atoms with Gasteiger partial charge < -0.3 is 4.98 Å². The normalized spacial score (nSPS) is 10.9. The molecule has 0 saturated carbocycles. The van der Waals surface area contributed by atoms with Crippen molar-refractivity contribution in [2.75, 3.05) is 0 Å². The molecule has 0 aromatic carbocycles. The predicted molar refractivity (Wildman–Crippen MR) is 63.9 cm³/mol. The number of nitrogens with one attached hydrogen (secondary N) is 2. The zero-order chi connectivity index (χ0) is 11.7. The average molecular weight is 236 g/mol. The standard InChI is InChI=1S/C10H12N4OS/c1-6(2)14-8(12-13-10(14)16)7-4-3-5-11-9(7)15/h3-6H,1-2H3,(H,11,15)(H,13,16). The molecule has 84 valence electrons. The fourth-order valence-corrected chi connectivity index (χ4v) is 1.91. The lowest BCUT2D eigenvalue weighted by Crippen LogP contribution is -2.12. The molecule has 0 radical (unpaired) electrons. The highest BCUT2D eigenvalue weighted by Crippen LogP contribution is 2.17. The van der Waals surface area contributed by atoms with E-state index in [4.69, 9.17) is 12.2 Å². The Balaban J connectivity index is 2.71. The van der Waals surface area contributed by atoms with Gasteiger partial charge in [0.15, 0.2) is 10.6 Å². The second-order valence-electron chi connectivity index (χ2n) is 3.73. The smallest absolute Gasteiger partial charge is 0.259 e. The van der Waals surface area contributed by atoms with Gasteiger partial charge in [0.25, 0.3) is 5.56 Å². The maximum atomic E-state index is 11.6. The van der Waals surface area contributed by atoms with Gasteiger partial charge in [0.05, 0.1) is 5.56 Å². The van der Waals surface area contributed by atoms with Crippen molar-refractivity contribution < 1.29 is 0 Å². The van der Waals surface area contributed by atoms with Gasteiger partial charge in [0.1, 0.15) is 0 Å². The minimum Gasteiger partial charge on any atom is -0.328 e. The van der Waals surface area contributed by atoms with E-state index in [1.54, 1.807) is 18.3 Å². The van der Waals surface area contributed by atoms with Gasteiger partial charge in [-0.3, -0.25) is 14.5 Å². The molecule has 0 aliphatic carbocycles. The zero-order valence-corrected chi connectivity index (χ0v) is 9.84. The van der Waals surface area contributed by atoms with E-state index in [-0.39, 0.29) is 11.6 Å². The van der Waals surface area contributed by atoms with Crippen molar-refractivity contribution in [1.29, 1.82) is 0 Å². The molecule has 0 bridgehead atoms. The van der Waals surface area contributed by atoms with Crippen molar-refractivity contribution in [3.63, 3.8) is 0 Å². The van der Waals surface area contributed by atoms with Crippen LogP contribution in [0, 0.1) is 4.77 Å². The number of H-pyrrole nitrogens is 2. The second kappa shape index (κ2) is 4.05. The summed E-state index contributed by atoms with van der Waals surface area (Å²) in [5.74, 6) is 0.571. The summed E-state index contributed by atoms with van der Waals surface area (Å²) in [6.07, 6.45) is 1.59. The maximum absolute atomic E-state index is 11.6. The average Bonchev–Trinajstić information content (AvgIpc) is 2.61. The first kappa shape index (κ1) is 10.8. The van der Waals surface area contributed by atoms with Gasteiger partial charge in [-0.2, -0.15) is 5.10 Å². The van der Waals surface area contributed by atoms with E-state index >= 15 is 0 Å². The van der Waals surface area contributed by atoms with Crippen LogP contribution in [-0.4, -0.2) is 19.7 Å². The molecule has 2 aromatic heterocycles. The van der Waals surface area contributed by atoms with Crippen molar-refractivity contribution >= 4 is 12.2 Å². The summed E-state index contributed by atoms with van der Waals surface area (Å²) in [5.41, 5.74) is 0.349. The van der Waals surface area contributed by atoms with Crippen molar-refractivity contribution in [3.05, 3.63) is 33.5 Å². The van der Waals surface area contributed by atoms with E-state index in [0.29, 0.717) is 16.2 Å². The second-order valence-corrected chi connectivity index (χ2v) is 4.12. The molecule has 2 aromatic rings. The Hall–Kier alpha value is -1.69. The summed E-state index contributed by atoms with van der Waals surface area (Å²) in [7, 11) is 0. The van der Waals surface area contributed by atoms with Crippen LogP contribution in [0.1, 0.15) is 19.9 Å². The number of nitrogens with zero attached hydrogens (tertiary/aromatic N) is 2. The first-order valence-corrected chi connectivity index (χ1v) is 5.37. The van der Waals surface area contributed by atoms with Gasteiger partial charge in [-0.25, -0.2) is 0 Å². The third-order valence-electron chi connectivity index (χ3n) is 2.28. The predicted octanol–water partition coefficient (Wildman–Crippen LogP) is 1.88. The molecule has 2 rings (SSSR count). The Bertz CT molecular complexity index is 608. The largest absolute Gasteiger partial charge is 0.328 e. The van der Waals surface area contributed by atoms with Crippen LogP contribution in [-0.2, 0) is 0 Å². The van der Waals surface area contributed by atoms with Crippen molar-refractivity contribution in [1.82, 2.24) is 19.7 Å². The van der Waals surface area contributed by atoms with Gasteiger partial charge in [0, 0.05) is 12.2 Å². The van der Waals surface area contributed by atoms with E-state index < -0.39 is 0 Å². The van der Waals surface area contributed by atoms with Crippen molar-refractivity contribution in [3.8, 4) is 11.4 Å². The van der Waals surface area contributed by atoms with E-state index in [0.717, 1.165) is 0 Å². The van der Waals surface area contributed by atoms with Gasteiger partial charge in [-0.1, -0.05) is 0 Å². The van der Waals surface area contributed by atoms with E-state index in [2.05, 4.69) is 15.2 Å². The lowest BCUT2D eigenvalue weighted by atomic mass is 10.2. The minimum absolute atomic E-state index is 0.154. The summed E-state index contributed by atoms with van der Waals surface area (Å²) >= 11 is 5.13. The molecule has 0 amide bonds. The molecule has 0 saturated heterocycles. The number of aromatic amines is 2. The monoisotopic (exact) mass is 236 g/mol.